The number of carbonyl (C=O) groups is 2. The summed E-state index contributed by atoms with van der Waals surface area (Å²) in [6.07, 6.45) is 3.97. The zero-order valence-corrected chi connectivity index (χ0v) is 28.8. The number of anilines is 1. The molecule has 1 atom stereocenters. The minimum Gasteiger partial charge on any atom is -0.493 e. The molecule has 0 radical (unpaired) electrons. The van der Waals surface area contributed by atoms with Gasteiger partial charge >= 0.3 is 0 Å². The summed E-state index contributed by atoms with van der Waals surface area (Å²) in [5.74, 6) is -0.954. The average molecular weight is 688 g/mol. The summed E-state index contributed by atoms with van der Waals surface area (Å²) in [4.78, 5) is 30.1. The maximum atomic E-state index is 14.7. The lowest BCUT2D eigenvalue weighted by Crippen LogP contribution is -2.54. The maximum Gasteiger partial charge on any atom is 0.264 e. The summed E-state index contributed by atoms with van der Waals surface area (Å²) >= 11 is 0. The third-order valence-electron chi connectivity index (χ3n) is 8.74. The van der Waals surface area contributed by atoms with Crippen LogP contribution in [0.2, 0.25) is 0 Å². The molecular weight excluding hydrogens is 645 g/mol. The molecule has 4 aromatic carbocycles. The Labute approximate surface area is 287 Å². The molecule has 0 spiro atoms. The van der Waals surface area contributed by atoms with Crippen molar-refractivity contribution in [2.45, 2.75) is 62.6 Å². The Morgan fingerprint density at radius 2 is 1.53 bits per heavy atom. The molecule has 4 aromatic rings. The number of methoxy groups -OCH3 is 2. The van der Waals surface area contributed by atoms with E-state index in [1.165, 1.54) is 49.5 Å². The fraction of sp³-hybridized carbons (Fsp3) is 0.316. The highest BCUT2D eigenvalue weighted by molar-refractivity contribution is 7.92. The minimum atomic E-state index is -4.43. The van der Waals surface area contributed by atoms with Crippen molar-refractivity contribution < 1.29 is 31.9 Å². The van der Waals surface area contributed by atoms with Crippen molar-refractivity contribution in [3.05, 3.63) is 120 Å². The summed E-state index contributed by atoms with van der Waals surface area (Å²) < 4.78 is 54.4. The smallest absolute Gasteiger partial charge is 0.264 e. The van der Waals surface area contributed by atoms with E-state index in [1.807, 2.05) is 61.5 Å². The summed E-state index contributed by atoms with van der Waals surface area (Å²) in [6, 6.07) is 25.1. The van der Waals surface area contributed by atoms with Crippen LogP contribution in [-0.4, -0.2) is 58.0 Å². The van der Waals surface area contributed by atoms with Crippen molar-refractivity contribution in [2.75, 3.05) is 25.1 Å². The molecule has 0 saturated heterocycles. The van der Waals surface area contributed by atoms with E-state index in [9.17, 15) is 22.4 Å². The van der Waals surface area contributed by atoms with E-state index >= 15 is 0 Å². The zero-order valence-electron chi connectivity index (χ0n) is 28.0. The van der Waals surface area contributed by atoms with Crippen molar-refractivity contribution in [3.8, 4) is 11.5 Å². The number of nitrogens with one attached hydrogen (secondary N) is 1. The largest absolute Gasteiger partial charge is 0.493 e. The van der Waals surface area contributed by atoms with Crippen molar-refractivity contribution in [3.63, 3.8) is 0 Å². The van der Waals surface area contributed by atoms with E-state index in [2.05, 4.69) is 5.32 Å². The fourth-order valence-electron chi connectivity index (χ4n) is 6.17. The van der Waals surface area contributed by atoms with Crippen molar-refractivity contribution >= 4 is 27.5 Å². The van der Waals surface area contributed by atoms with Gasteiger partial charge in [-0.3, -0.25) is 13.9 Å². The predicted molar refractivity (Wildman–Crippen MR) is 187 cm³/mol. The minimum absolute atomic E-state index is 0.00263. The van der Waals surface area contributed by atoms with Gasteiger partial charge in [0, 0.05) is 25.1 Å². The first-order valence-corrected chi connectivity index (χ1v) is 17.7. The molecule has 0 aliphatic heterocycles. The average Bonchev–Trinajstić information content (AvgIpc) is 3.62. The Morgan fingerprint density at radius 1 is 0.857 bits per heavy atom. The SMILES string of the molecule is COc1ccc(S(=O)(=O)N(CC(=O)N(Cc2cccc(C)c2)[C@H](Cc2ccccc2)C(=O)NC2CCCC2)c2ccc(F)cc2)cc1OC. The Kier molecular flexibility index (Phi) is 11.6. The first kappa shape index (κ1) is 35.4. The lowest BCUT2D eigenvalue weighted by Gasteiger charge is -2.34. The van der Waals surface area contributed by atoms with Crippen LogP contribution in [0.3, 0.4) is 0 Å². The molecule has 1 N–H and O–H groups in total. The van der Waals surface area contributed by atoms with Crippen LogP contribution in [0.4, 0.5) is 10.1 Å². The van der Waals surface area contributed by atoms with Gasteiger partial charge < -0.3 is 19.7 Å². The van der Waals surface area contributed by atoms with Crippen molar-refractivity contribution in [1.29, 1.82) is 0 Å². The maximum absolute atomic E-state index is 14.7. The molecule has 9 nitrogen and oxygen atoms in total. The van der Waals surface area contributed by atoms with Crippen molar-refractivity contribution in [1.82, 2.24) is 10.2 Å². The fourth-order valence-corrected chi connectivity index (χ4v) is 7.60. The second-order valence-electron chi connectivity index (χ2n) is 12.2. The predicted octanol–water partition coefficient (Wildman–Crippen LogP) is 6.05. The number of sulfonamides is 1. The van der Waals surface area contributed by atoms with Crippen molar-refractivity contribution in [2.24, 2.45) is 0 Å². The molecule has 0 aromatic heterocycles. The van der Waals surface area contributed by atoms with E-state index in [-0.39, 0.29) is 41.2 Å². The quantitative estimate of drug-likeness (QED) is 0.173. The van der Waals surface area contributed by atoms with Gasteiger partial charge in [0.25, 0.3) is 10.0 Å². The molecule has 0 heterocycles. The molecule has 2 amide bonds. The van der Waals surface area contributed by atoms with Gasteiger partial charge in [0.15, 0.2) is 11.5 Å². The first-order chi connectivity index (χ1) is 23.6. The normalized spacial score (nSPS) is 13.8. The number of aryl methyl sites for hydroxylation is 1. The van der Waals surface area contributed by atoms with Gasteiger partial charge in [-0.15, -0.1) is 0 Å². The number of hydrogen-bond donors (Lipinski definition) is 1. The van der Waals surface area contributed by atoms with Crippen LogP contribution >= 0.6 is 0 Å². The van der Waals surface area contributed by atoms with E-state index in [0.29, 0.717) is 5.75 Å². The highest BCUT2D eigenvalue weighted by Gasteiger charge is 2.36. The Morgan fingerprint density at radius 3 is 2.18 bits per heavy atom. The van der Waals surface area contributed by atoms with Crippen LogP contribution < -0.4 is 19.1 Å². The summed E-state index contributed by atoms with van der Waals surface area (Å²) in [5, 5.41) is 3.17. The van der Waals surface area contributed by atoms with Gasteiger partial charge in [0.2, 0.25) is 11.8 Å². The van der Waals surface area contributed by atoms with Gasteiger partial charge in [0.1, 0.15) is 18.4 Å². The van der Waals surface area contributed by atoms with E-state index < -0.39 is 34.3 Å². The number of nitrogens with zero attached hydrogens (tertiary/aromatic N) is 2. The zero-order chi connectivity index (χ0) is 35.0. The van der Waals surface area contributed by atoms with Crippen LogP contribution in [0.25, 0.3) is 0 Å². The lowest BCUT2D eigenvalue weighted by molar-refractivity contribution is -0.140. The third-order valence-corrected chi connectivity index (χ3v) is 10.5. The molecule has 1 aliphatic carbocycles. The molecule has 258 valence electrons. The van der Waals surface area contributed by atoms with E-state index in [0.717, 1.165) is 58.8 Å². The lowest BCUT2D eigenvalue weighted by atomic mass is 10.0. The van der Waals surface area contributed by atoms with E-state index in [4.69, 9.17) is 9.47 Å². The Balaban J connectivity index is 1.58. The molecule has 11 heteroatoms. The van der Waals surface area contributed by atoms with Crippen LogP contribution in [0.5, 0.6) is 11.5 Å². The summed E-state index contributed by atoms with van der Waals surface area (Å²) in [6.45, 7) is 1.34. The van der Waals surface area contributed by atoms with Gasteiger partial charge in [-0.25, -0.2) is 12.8 Å². The Bertz CT molecular complexity index is 1850. The standard InChI is InChI=1S/C38H42FN3O6S/c1-27-10-9-13-29(22-27)25-41(34(23-28-11-5-4-6-12-28)38(44)40-31-14-7-8-15-31)37(43)26-42(32-18-16-30(39)17-19-32)49(45,46)33-20-21-35(47-2)36(24-33)48-3/h4-6,9-13,16-22,24,31,34H,7-8,14-15,23,25-26H2,1-3H3,(H,40,44)/t34-/m1/s1. The molecule has 5 rings (SSSR count). The van der Waals surface area contributed by atoms with Crippen LogP contribution in [0, 0.1) is 12.7 Å². The monoisotopic (exact) mass is 687 g/mol. The second-order valence-corrected chi connectivity index (χ2v) is 14.1. The van der Waals surface area contributed by atoms with Crippen LogP contribution in [-0.2, 0) is 32.6 Å². The molecule has 0 unspecified atom stereocenters. The molecule has 0 bridgehead atoms. The highest BCUT2D eigenvalue weighted by Crippen LogP contribution is 2.32. The third kappa shape index (κ3) is 8.77. The number of amides is 2. The number of carbonyl (C=O) groups excluding carboxylic acids is 2. The molecule has 49 heavy (non-hydrogen) atoms. The topological polar surface area (TPSA) is 105 Å². The second kappa shape index (κ2) is 16.0. The highest BCUT2D eigenvalue weighted by atomic mass is 32.2. The first-order valence-electron chi connectivity index (χ1n) is 16.3. The molecule has 1 fully saturated rings. The number of hydrogen-bond acceptors (Lipinski definition) is 6. The Hall–Kier alpha value is -4.90. The van der Waals surface area contributed by atoms with Gasteiger partial charge in [0.05, 0.1) is 24.8 Å². The number of benzene rings is 4. The van der Waals surface area contributed by atoms with Gasteiger partial charge in [-0.2, -0.15) is 0 Å². The number of halogens is 1. The molecule has 1 aliphatic rings. The summed E-state index contributed by atoms with van der Waals surface area (Å²) in [5.41, 5.74) is 2.69. The van der Waals surface area contributed by atoms with Crippen LogP contribution in [0.15, 0.2) is 102 Å². The van der Waals surface area contributed by atoms with Crippen LogP contribution in [0.1, 0.15) is 42.4 Å². The molecular formula is C38H42FN3O6S. The van der Waals surface area contributed by atoms with Gasteiger partial charge in [-0.1, -0.05) is 73.0 Å². The number of ether oxygens (including phenoxy) is 2. The van der Waals surface area contributed by atoms with Gasteiger partial charge in [-0.05, 0) is 67.3 Å². The summed E-state index contributed by atoms with van der Waals surface area (Å²) in [7, 11) is -1.60. The van der Waals surface area contributed by atoms with E-state index in [1.54, 1.807) is 0 Å². The number of rotatable bonds is 14. The molecule has 1 saturated carbocycles.